The number of thiophene rings is 1. The molecule has 3 heterocycles. The molecule has 5 nitrogen and oxygen atoms in total. The first kappa shape index (κ1) is 17.7. The van der Waals surface area contributed by atoms with Crippen LogP contribution in [0.15, 0.2) is 11.1 Å². The lowest BCUT2D eigenvalue weighted by molar-refractivity contribution is 0.218. The standard InChI is InChI=1S/C20H28N4OS/c1-12(2)8-9-23-17(25)16-14-7-6-13(20(3,4)5)10-15(14)26-18(16)24-11-21-22-19(23)24/h11-13H,6-10H2,1-5H3. The van der Waals surface area contributed by atoms with Gasteiger partial charge in [-0.1, -0.05) is 34.6 Å². The van der Waals surface area contributed by atoms with E-state index in [0.717, 1.165) is 35.9 Å². The van der Waals surface area contributed by atoms with Gasteiger partial charge in [-0.15, -0.1) is 21.5 Å². The number of fused-ring (bicyclic) bond motifs is 5. The van der Waals surface area contributed by atoms with Crippen molar-refractivity contribution in [2.45, 2.75) is 66.8 Å². The number of nitrogens with zero attached hydrogens (tertiary/aromatic N) is 4. The maximum Gasteiger partial charge on any atom is 0.263 e. The van der Waals surface area contributed by atoms with E-state index in [1.807, 2.05) is 8.97 Å². The van der Waals surface area contributed by atoms with E-state index in [-0.39, 0.29) is 5.56 Å². The van der Waals surface area contributed by atoms with Crippen molar-refractivity contribution < 1.29 is 0 Å². The minimum Gasteiger partial charge on any atom is -0.276 e. The summed E-state index contributed by atoms with van der Waals surface area (Å²) in [6.07, 6.45) is 5.96. The molecule has 0 N–H and O–H groups in total. The molecule has 0 fully saturated rings. The highest BCUT2D eigenvalue weighted by Crippen LogP contribution is 2.42. The molecule has 1 unspecified atom stereocenters. The molecule has 0 radical (unpaired) electrons. The first-order chi connectivity index (χ1) is 12.3. The molecule has 0 bridgehead atoms. The fraction of sp³-hybridized carbons (Fsp3) is 0.650. The van der Waals surface area contributed by atoms with Crippen molar-refractivity contribution >= 4 is 27.3 Å². The predicted octanol–water partition coefficient (Wildman–Crippen LogP) is 4.30. The van der Waals surface area contributed by atoms with Crippen molar-refractivity contribution in [1.29, 1.82) is 0 Å². The van der Waals surface area contributed by atoms with Crippen molar-refractivity contribution in [3.05, 3.63) is 27.1 Å². The molecule has 3 aromatic rings. The molecule has 1 aliphatic rings. The van der Waals surface area contributed by atoms with E-state index in [1.165, 1.54) is 10.4 Å². The van der Waals surface area contributed by atoms with E-state index in [0.29, 0.717) is 29.6 Å². The van der Waals surface area contributed by atoms with Crippen LogP contribution in [-0.2, 0) is 19.4 Å². The van der Waals surface area contributed by atoms with Crippen LogP contribution in [0.1, 0.15) is 57.9 Å². The van der Waals surface area contributed by atoms with Crippen LogP contribution in [0.3, 0.4) is 0 Å². The van der Waals surface area contributed by atoms with Crippen LogP contribution in [0.2, 0.25) is 0 Å². The van der Waals surface area contributed by atoms with Crippen LogP contribution in [-0.4, -0.2) is 19.2 Å². The molecule has 6 heteroatoms. The second-order valence-electron chi connectivity index (χ2n) is 9.13. The summed E-state index contributed by atoms with van der Waals surface area (Å²) in [7, 11) is 0. The Balaban J connectivity index is 1.91. The minimum absolute atomic E-state index is 0.118. The fourth-order valence-corrected chi connectivity index (χ4v) is 5.46. The molecule has 26 heavy (non-hydrogen) atoms. The van der Waals surface area contributed by atoms with Crippen LogP contribution < -0.4 is 5.56 Å². The van der Waals surface area contributed by atoms with Crippen molar-refractivity contribution in [2.24, 2.45) is 17.3 Å². The Morgan fingerprint density at radius 3 is 2.81 bits per heavy atom. The predicted molar refractivity (Wildman–Crippen MR) is 107 cm³/mol. The summed E-state index contributed by atoms with van der Waals surface area (Å²) in [5.41, 5.74) is 1.70. The third-order valence-electron chi connectivity index (χ3n) is 5.85. The lowest BCUT2D eigenvalue weighted by Crippen LogP contribution is -2.27. The minimum atomic E-state index is 0.118. The number of rotatable bonds is 3. The number of aryl methyl sites for hydroxylation is 2. The Labute approximate surface area is 158 Å². The van der Waals surface area contributed by atoms with Crippen LogP contribution in [0.25, 0.3) is 16.0 Å². The summed E-state index contributed by atoms with van der Waals surface area (Å²) in [4.78, 5) is 15.8. The summed E-state index contributed by atoms with van der Waals surface area (Å²) >= 11 is 1.77. The first-order valence-corrected chi connectivity index (χ1v) is 10.5. The third-order valence-corrected chi connectivity index (χ3v) is 7.10. The zero-order valence-electron chi connectivity index (χ0n) is 16.4. The number of aromatic nitrogens is 4. The van der Waals surface area contributed by atoms with Crippen molar-refractivity contribution in [1.82, 2.24) is 19.2 Å². The number of hydrogen-bond donors (Lipinski definition) is 0. The van der Waals surface area contributed by atoms with Crippen LogP contribution in [0.5, 0.6) is 0 Å². The summed E-state index contributed by atoms with van der Waals surface area (Å²) in [5, 5.41) is 9.26. The van der Waals surface area contributed by atoms with Crippen molar-refractivity contribution in [2.75, 3.05) is 0 Å². The van der Waals surface area contributed by atoms with E-state index in [4.69, 9.17) is 0 Å². The summed E-state index contributed by atoms with van der Waals surface area (Å²) in [6.45, 7) is 12.0. The van der Waals surface area contributed by atoms with Gasteiger partial charge in [0.2, 0.25) is 5.78 Å². The summed E-state index contributed by atoms with van der Waals surface area (Å²) < 4.78 is 3.85. The molecule has 0 aromatic carbocycles. The van der Waals surface area contributed by atoms with Gasteiger partial charge in [0.1, 0.15) is 11.2 Å². The molecule has 0 amide bonds. The molecule has 0 saturated heterocycles. The van der Waals surface area contributed by atoms with Gasteiger partial charge in [-0.2, -0.15) is 0 Å². The quantitative estimate of drug-likeness (QED) is 0.689. The Morgan fingerprint density at radius 2 is 2.12 bits per heavy atom. The van der Waals surface area contributed by atoms with E-state index < -0.39 is 0 Å². The summed E-state index contributed by atoms with van der Waals surface area (Å²) in [5.74, 6) is 1.89. The SMILES string of the molecule is CC(C)CCn1c(=O)c2c3c(sc2n2cnnc12)CC(C(C)(C)C)CC3. The Kier molecular flexibility index (Phi) is 4.21. The lowest BCUT2D eigenvalue weighted by Gasteiger charge is -2.33. The second kappa shape index (κ2) is 6.19. The molecule has 1 atom stereocenters. The lowest BCUT2D eigenvalue weighted by atomic mass is 9.72. The van der Waals surface area contributed by atoms with Gasteiger partial charge in [0.25, 0.3) is 5.56 Å². The largest absolute Gasteiger partial charge is 0.276 e. The smallest absolute Gasteiger partial charge is 0.263 e. The van der Waals surface area contributed by atoms with Gasteiger partial charge >= 0.3 is 0 Å². The van der Waals surface area contributed by atoms with Gasteiger partial charge < -0.3 is 0 Å². The molecule has 140 valence electrons. The zero-order valence-corrected chi connectivity index (χ0v) is 17.2. The van der Waals surface area contributed by atoms with Crippen LogP contribution in [0.4, 0.5) is 0 Å². The highest BCUT2D eigenvalue weighted by molar-refractivity contribution is 7.18. The van der Waals surface area contributed by atoms with Crippen LogP contribution >= 0.6 is 11.3 Å². The first-order valence-electron chi connectivity index (χ1n) is 9.64. The average molecular weight is 373 g/mol. The van der Waals surface area contributed by atoms with Gasteiger partial charge in [-0.3, -0.25) is 13.8 Å². The van der Waals surface area contributed by atoms with Gasteiger partial charge in [0, 0.05) is 11.4 Å². The Hall–Kier alpha value is -1.69. The van der Waals surface area contributed by atoms with E-state index in [9.17, 15) is 4.79 Å². The van der Waals surface area contributed by atoms with Gasteiger partial charge in [-0.05, 0) is 48.5 Å². The van der Waals surface area contributed by atoms with Gasteiger partial charge in [0.05, 0.1) is 5.39 Å². The zero-order chi connectivity index (χ0) is 18.6. The van der Waals surface area contributed by atoms with E-state index >= 15 is 0 Å². The monoisotopic (exact) mass is 372 g/mol. The highest BCUT2D eigenvalue weighted by atomic mass is 32.1. The van der Waals surface area contributed by atoms with E-state index in [2.05, 4.69) is 44.8 Å². The normalized spacial score (nSPS) is 18.2. The van der Waals surface area contributed by atoms with E-state index in [1.54, 1.807) is 17.7 Å². The van der Waals surface area contributed by atoms with Crippen molar-refractivity contribution in [3.8, 4) is 0 Å². The second-order valence-corrected chi connectivity index (χ2v) is 10.2. The summed E-state index contributed by atoms with van der Waals surface area (Å²) in [6, 6.07) is 0. The average Bonchev–Trinajstić information content (AvgIpc) is 3.17. The van der Waals surface area contributed by atoms with Crippen molar-refractivity contribution in [3.63, 3.8) is 0 Å². The molecule has 4 rings (SSSR count). The molecule has 1 aliphatic carbocycles. The Morgan fingerprint density at radius 1 is 1.35 bits per heavy atom. The molecular weight excluding hydrogens is 344 g/mol. The van der Waals surface area contributed by atoms with Crippen LogP contribution in [0, 0.1) is 17.3 Å². The molecule has 0 aliphatic heterocycles. The maximum atomic E-state index is 13.4. The molecular formula is C20H28N4OS. The highest BCUT2D eigenvalue weighted by Gasteiger charge is 2.32. The van der Waals surface area contributed by atoms with Gasteiger partial charge in [-0.25, -0.2) is 0 Å². The molecule has 3 aromatic heterocycles. The molecule has 0 saturated carbocycles. The topological polar surface area (TPSA) is 52.2 Å². The molecule has 0 spiro atoms. The fourth-order valence-electron chi connectivity index (χ4n) is 4.07. The number of hydrogen-bond acceptors (Lipinski definition) is 4. The maximum absolute atomic E-state index is 13.4. The van der Waals surface area contributed by atoms with Gasteiger partial charge in [0.15, 0.2) is 0 Å². The Bertz CT molecular complexity index is 1020. The third kappa shape index (κ3) is 2.79.